The van der Waals surface area contributed by atoms with Crippen molar-refractivity contribution in [2.24, 2.45) is 0 Å². The Hall–Kier alpha value is -2.93. The van der Waals surface area contributed by atoms with Crippen molar-refractivity contribution >= 4 is 40.7 Å². The van der Waals surface area contributed by atoms with Gasteiger partial charge in [-0.2, -0.15) is 0 Å². The average Bonchev–Trinajstić information content (AvgIpc) is 3.00. The van der Waals surface area contributed by atoms with E-state index < -0.39 is 6.03 Å². The molecule has 4 N–H and O–H groups in total. The summed E-state index contributed by atoms with van der Waals surface area (Å²) in [4.78, 5) is 25.3. The van der Waals surface area contributed by atoms with Crippen molar-refractivity contribution < 1.29 is 9.59 Å². The van der Waals surface area contributed by atoms with Crippen LogP contribution in [0.5, 0.6) is 0 Å². The second kappa shape index (κ2) is 7.10. The van der Waals surface area contributed by atoms with Crippen molar-refractivity contribution in [2.75, 3.05) is 28.7 Å². The largest absolute Gasteiger partial charge is 0.337 e. The zero-order valence-corrected chi connectivity index (χ0v) is 13.4. The molecule has 0 unspecified atom stereocenters. The highest BCUT2D eigenvalue weighted by Gasteiger charge is 2.21. The summed E-state index contributed by atoms with van der Waals surface area (Å²) in [5.41, 5.74) is 7.14. The van der Waals surface area contributed by atoms with Crippen molar-refractivity contribution in [3.8, 4) is 0 Å². The minimum atomic E-state index is -0.446. The molecule has 24 heavy (non-hydrogen) atoms. The quantitative estimate of drug-likeness (QED) is 0.642. The average molecular weight is 346 g/mol. The minimum Gasteiger partial charge on any atom is -0.336 e. The Labute approximate surface area is 143 Å². The summed E-state index contributed by atoms with van der Waals surface area (Å²) >= 11 is 6.00. The van der Waals surface area contributed by atoms with Crippen molar-refractivity contribution in [1.29, 1.82) is 0 Å². The Morgan fingerprint density at radius 1 is 1.17 bits per heavy atom. The van der Waals surface area contributed by atoms with E-state index >= 15 is 0 Å². The van der Waals surface area contributed by atoms with Crippen LogP contribution in [0.15, 0.2) is 48.5 Å². The van der Waals surface area contributed by atoms with Gasteiger partial charge in [-0.25, -0.2) is 9.59 Å². The van der Waals surface area contributed by atoms with Crippen LogP contribution >= 0.6 is 11.6 Å². The normalized spacial score (nSPS) is 13.4. The predicted molar refractivity (Wildman–Crippen MR) is 94.4 cm³/mol. The molecule has 0 aliphatic carbocycles. The van der Waals surface area contributed by atoms with E-state index in [2.05, 4.69) is 21.5 Å². The molecule has 0 aromatic heterocycles. The summed E-state index contributed by atoms with van der Waals surface area (Å²) < 4.78 is 0. The lowest BCUT2D eigenvalue weighted by atomic mass is 10.2. The molecule has 0 atom stereocenters. The molecule has 8 heteroatoms. The summed E-state index contributed by atoms with van der Waals surface area (Å²) in [5, 5.41) is 5.93. The fourth-order valence-electron chi connectivity index (χ4n) is 2.32. The van der Waals surface area contributed by atoms with E-state index in [1.807, 2.05) is 6.07 Å². The summed E-state index contributed by atoms with van der Waals surface area (Å²) in [6, 6.07) is 13.5. The number of urea groups is 2. The molecule has 0 radical (unpaired) electrons. The first-order valence-electron chi connectivity index (χ1n) is 7.36. The number of amides is 4. The second-order valence-corrected chi connectivity index (χ2v) is 5.53. The first kappa shape index (κ1) is 15.9. The van der Waals surface area contributed by atoms with Crippen LogP contribution in [0.25, 0.3) is 0 Å². The first-order valence-corrected chi connectivity index (χ1v) is 7.74. The van der Waals surface area contributed by atoms with Gasteiger partial charge >= 0.3 is 12.1 Å². The SMILES string of the molecule is O=C(NNc1ccccc1Cl)Nc1cccc(N2CCNC2=O)c1. The number of rotatable bonds is 4. The molecule has 1 fully saturated rings. The molecular formula is C16H16ClN5O2. The Morgan fingerprint density at radius 3 is 2.75 bits per heavy atom. The van der Waals surface area contributed by atoms with Crippen LogP contribution in [0.1, 0.15) is 0 Å². The molecule has 7 nitrogen and oxygen atoms in total. The van der Waals surface area contributed by atoms with Crippen LogP contribution in [0.3, 0.4) is 0 Å². The van der Waals surface area contributed by atoms with Gasteiger partial charge in [-0.15, -0.1) is 0 Å². The lowest BCUT2D eigenvalue weighted by Gasteiger charge is -2.16. The third-order valence-corrected chi connectivity index (χ3v) is 3.79. The van der Waals surface area contributed by atoms with Gasteiger partial charge in [-0.3, -0.25) is 15.8 Å². The lowest BCUT2D eigenvalue weighted by molar-refractivity contribution is 0.252. The Kier molecular flexibility index (Phi) is 4.72. The van der Waals surface area contributed by atoms with E-state index in [0.29, 0.717) is 29.5 Å². The Morgan fingerprint density at radius 2 is 2.00 bits per heavy atom. The topological polar surface area (TPSA) is 85.5 Å². The van der Waals surface area contributed by atoms with Crippen LogP contribution in [-0.4, -0.2) is 25.2 Å². The molecular weight excluding hydrogens is 330 g/mol. The van der Waals surface area contributed by atoms with Gasteiger partial charge in [-0.05, 0) is 30.3 Å². The molecule has 2 aromatic rings. The van der Waals surface area contributed by atoms with Gasteiger partial charge in [0.15, 0.2) is 0 Å². The number of hydrogen-bond donors (Lipinski definition) is 4. The molecule has 1 heterocycles. The van der Waals surface area contributed by atoms with Crippen LogP contribution in [-0.2, 0) is 0 Å². The van der Waals surface area contributed by atoms with Crippen molar-refractivity contribution in [3.63, 3.8) is 0 Å². The highest BCUT2D eigenvalue weighted by molar-refractivity contribution is 6.33. The monoisotopic (exact) mass is 345 g/mol. The van der Waals surface area contributed by atoms with Gasteiger partial charge in [0.2, 0.25) is 0 Å². The molecule has 0 spiro atoms. The molecule has 1 aliphatic rings. The van der Waals surface area contributed by atoms with E-state index in [4.69, 9.17) is 11.6 Å². The third-order valence-electron chi connectivity index (χ3n) is 3.46. The molecule has 4 amide bonds. The van der Waals surface area contributed by atoms with Crippen LogP contribution < -0.4 is 26.4 Å². The second-order valence-electron chi connectivity index (χ2n) is 5.12. The molecule has 2 aromatic carbocycles. The number of hydrazine groups is 1. The number of para-hydroxylation sites is 1. The van der Waals surface area contributed by atoms with Crippen LogP contribution in [0, 0.1) is 0 Å². The van der Waals surface area contributed by atoms with Crippen molar-refractivity contribution in [1.82, 2.24) is 10.7 Å². The maximum absolute atomic E-state index is 12.0. The fourth-order valence-corrected chi connectivity index (χ4v) is 2.50. The number of hydrogen-bond acceptors (Lipinski definition) is 3. The van der Waals surface area contributed by atoms with Gasteiger partial charge in [0, 0.05) is 24.5 Å². The fraction of sp³-hybridized carbons (Fsp3) is 0.125. The zero-order valence-electron chi connectivity index (χ0n) is 12.7. The highest BCUT2D eigenvalue weighted by atomic mass is 35.5. The van der Waals surface area contributed by atoms with E-state index in [1.54, 1.807) is 47.4 Å². The highest BCUT2D eigenvalue weighted by Crippen LogP contribution is 2.21. The van der Waals surface area contributed by atoms with Gasteiger partial charge < -0.3 is 10.6 Å². The number of anilines is 3. The molecule has 0 saturated carbocycles. The molecule has 1 aliphatic heterocycles. The third kappa shape index (κ3) is 3.69. The lowest BCUT2D eigenvalue weighted by Crippen LogP contribution is -2.33. The number of nitrogens with zero attached hydrogens (tertiary/aromatic N) is 1. The van der Waals surface area contributed by atoms with Gasteiger partial charge in [-0.1, -0.05) is 29.8 Å². The molecule has 0 bridgehead atoms. The van der Waals surface area contributed by atoms with Crippen LogP contribution in [0.2, 0.25) is 5.02 Å². The van der Waals surface area contributed by atoms with Gasteiger partial charge in [0.25, 0.3) is 0 Å². The summed E-state index contributed by atoms with van der Waals surface area (Å²) in [6.07, 6.45) is 0. The number of carbonyl (C=O) groups is 2. The zero-order chi connectivity index (χ0) is 16.9. The standard InChI is InChI=1S/C16H16ClN5O2/c17-13-6-1-2-7-14(13)20-21-15(23)19-11-4-3-5-12(10-11)22-9-8-18-16(22)24/h1-7,10,20H,8-9H2,(H,18,24)(H2,19,21,23). The maximum atomic E-state index is 12.0. The Balaban J connectivity index is 1.60. The van der Waals surface area contributed by atoms with E-state index in [-0.39, 0.29) is 6.03 Å². The first-order chi connectivity index (χ1) is 11.6. The summed E-state index contributed by atoms with van der Waals surface area (Å²) in [5.74, 6) is 0. The number of benzene rings is 2. The number of carbonyl (C=O) groups excluding carboxylic acids is 2. The predicted octanol–water partition coefficient (Wildman–Crippen LogP) is 3.02. The smallest absolute Gasteiger partial charge is 0.336 e. The van der Waals surface area contributed by atoms with E-state index in [0.717, 1.165) is 5.69 Å². The number of halogens is 1. The van der Waals surface area contributed by atoms with Gasteiger partial charge in [0.1, 0.15) is 0 Å². The maximum Gasteiger partial charge on any atom is 0.337 e. The van der Waals surface area contributed by atoms with Gasteiger partial charge in [0.05, 0.1) is 10.7 Å². The molecule has 124 valence electrons. The number of nitrogens with one attached hydrogen (secondary N) is 4. The van der Waals surface area contributed by atoms with E-state index in [9.17, 15) is 9.59 Å². The molecule has 1 saturated heterocycles. The van der Waals surface area contributed by atoms with Crippen molar-refractivity contribution in [2.45, 2.75) is 0 Å². The van der Waals surface area contributed by atoms with Crippen molar-refractivity contribution in [3.05, 3.63) is 53.6 Å². The molecule has 3 rings (SSSR count). The van der Waals surface area contributed by atoms with Crippen LogP contribution in [0.4, 0.5) is 26.7 Å². The summed E-state index contributed by atoms with van der Waals surface area (Å²) in [6.45, 7) is 1.21. The Bertz CT molecular complexity index is 768. The minimum absolute atomic E-state index is 0.142. The van der Waals surface area contributed by atoms with E-state index in [1.165, 1.54) is 0 Å². The summed E-state index contributed by atoms with van der Waals surface area (Å²) in [7, 11) is 0.